The minimum absolute atomic E-state index is 0.428. The van der Waals surface area contributed by atoms with E-state index in [-0.39, 0.29) is 0 Å². The van der Waals surface area contributed by atoms with E-state index in [0.717, 1.165) is 0 Å². The zero-order valence-electron chi connectivity index (χ0n) is 10.4. The SMILES string of the molecule is CCC1(C)CC(C)(C)C2=C1C[C@H]1O[C@@H]1C2. The normalized spacial score (nSPS) is 46.4. The first-order valence-corrected chi connectivity index (χ1v) is 6.35. The summed E-state index contributed by atoms with van der Waals surface area (Å²) in [4.78, 5) is 0. The summed E-state index contributed by atoms with van der Waals surface area (Å²) >= 11 is 0. The van der Waals surface area contributed by atoms with Crippen molar-refractivity contribution in [3.63, 3.8) is 0 Å². The summed E-state index contributed by atoms with van der Waals surface area (Å²) < 4.78 is 5.70. The number of fused-ring (bicyclic) bond motifs is 1. The van der Waals surface area contributed by atoms with E-state index in [1.54, 1.807) is 11.1 Å². The minimum atomic E-state index is 0.428. The van der Waals surface area contributed by atoms with Crippen molar-refractivity contribution in [3.05, 3.63) is 11.1 Å². The van der Waals surface area contributed by atoms with Crippen LogP contribution < -0.4 is 0 Å². The van der Waals surface area contributed by atoms with Crippen LogP contribution in [0.1, 0.15) is 53.4 Å². The zero-order valence-corrected chi connectivity index (χ0v) is 10.4. The number of rotatable bonds is 1. The first kappa shape index (κ1) is 9.89. The lowest BCUT2D eigenvalue weighted by Gasteiger charge is -2.28. The highest BCUT2D eigenvalue weighted by molar-refractivity contribution is 5.38. The van der Waals surface area contributed by atoms with Crippen molar-refractivity contribution in [3.8, 4) is 0 Å². The molecule has 0 radical (unpaired) electrons. The number of hydrogen-bond acceptors (Lipinski definition) is 1. The van der Waals surface area contributed by atoms with Crippen LogP contribution >= 0.6 is 0 Å². The van der Waals surface area contributed by atoms with Crippen LogP contribution in [0, 0.1) is 10.8 Å². The molecule has 0 aromatic rings. The monoisotopic (exact) mass is 206 g/mol. The van der Waals surface area contributed by atoms with Crippen molar-refractivity contribution in [1.82, 2.24) is 0 Å². The molecule has 84 valence electrons. The van der Waals surface area contributed by atoms with Gasteiger partial charge >= 0.3 is 0 Å². The van der Waals surface area contributed by atoms with Crippen molar-refractivity contribution in [1.29, 1.82) is 0 Å². The Kier molecular flexibility index (Phi) is 1.77. The Bertz CT molecular complexity index is 339. The van der Waals surface area contributed by atoms with Gasteiger partial charge in [0.05, 0.1) is 12.2 Å². The molecule has 3 aliphatic rings. The van der Waals surface area contributed by atoms with Crippen LogP contribution in [0.4, 0.5) is 0 Å². The summed E-state index contributed by atoms with van der Waals surface area (Å²) in [6, 6.07) is 0. The van der Waals surface area contributed by atoms with Crippen LogP contribution in [0.2, 0.25) is 0 Å². The molecule has 3 atom stereocenters. The lowest BCUT2D eigenvalue weighted by atomic mass is 9.76. The fourth-order valence-electron chi connectivity index (χ4n) is 4.01. The Morgan fingerprint density at radius 1 is 1.13 bits per heavy atom. The van der Waals surface area contributed by atoms with E-state index in [0.29, 0.717) is 23.0 Å². The Morgan fingerprint density at radius 2 is 1.73 bits per heavy atom. The van der Waals surface area contributed by atoms with Crippen molar-refractivity contribution >= 4 is 0 Å². The minimum Gasteiger partial charge on any atom is -0.369 e. The summed E-state index contributed by atoms with van der Waals surface area (Å²) in [6.07, 6.45) is 6.26. The molecular weight excluding hydrogens is 184 g/mol. The second kappa shape index (κ2) is 2.68. The molecule has 0 spiro atoms. The quantitative estimate of drug-likeness (QED) is 0.471. The maximum atomic E-state index is 5.70. The van der Waals surface area contributed by atoms with Crippen molar-refractivity contribution in [2.45, 2.75) is 65.6 Å². The van der Waals surface area contributed by atoms with Gasteiger partial charge in [0.1, 0.15) is 0 Å². The summed E-state index contributed by atoms with van der Waals surface area (Å²) in [7, 11) is 0. The second-order valence-corrected chi connectivity index (χ2v) is 6.55. The molecule has 0 saturated carbocycles. The predicted molar refractivity (Wildman–Crippen MR) is 61.7 cm³/mol. The number of hydrogen-bond donors (Lipinski definition) is 0. The molecule has 3 rings (SSSR count). The van der Waals surface area contributed by atoms with Gasteiger partial charge in [-0.3, -0.25) is 0 Å². The summed E-state index contributed by atoms with van der Waals surface area (Å²) in [5.41, 5.74) is 4.40. The van der Waals surface area contributed by atoms with Gasteiger partial charge in [0.2, 0.25) is 0 Å². The molecule has 0 aromatic carbocycles. The third-order valence-corrected chi connectivity index (χ3v) is 5.02. The maximum Gasteiger partial charge on any atom is 0.0882 e. The fourth-order valence-corrected chi connectivity index (χ4v) is 4.01. The van der Waals surface area contributed by atoms with Crippen LogP contribution in [-0.4, -0.2) is 12.2 Å². The Hall–Kier alpha value is -0.300. The van der Waals surface area contributed by atoms with E-state index in [2.05, 4.69) is 27.7 Å². The van der Waals surface area contributed by atoms with E-state index in [1.807, 2.05) is 0 Å². The highest BCUT2D eigenvalue weighted by atomic mass is 16.6. The van der Waals surface area contributed by atoms with E-state index < -0.39 is 0 Å². The fraction of sp³-hybridized carbons (Fsp3) is 0.857. The van der Waals surface area contributed by atoms with E-state index >= 15 is 0 Å². The molecule has 1 unspecified atom stereocenters. The highest BCUT2D eigenvalue weighted by Gasteiger charge is 2.54. The molecule has 0 N–H and O–H groups in total. The average molecular weight is 206 g/mol. The van der Waals surface area contributed by atoms with E-state index in [9.17, 15) is 0 Å². The molecular formula is C14H22O. The van der Waals surface area contributed by atoms with Crippen LogP contribution in [0.3, 0.4) is 0 Å². The molecule has 15 heavy (non-hydrogen) atoms. The topological polar surface area (TPSA) is 12.5 Å². The van der Waals surface area contributed by atoms with Crippen LogP contribution in [0.5, 0.6) is 0 Å². The first-order valence-electron chi connectivity index (χ1n) is 6.35. The first-order chi connectivity index (χ1) is 6.96. The molecule has 0 aromatic heterocycles. The van der Waals surface area contributed by atoms with Gasteiger partial charge in [0.25, 0.3) is 0 Å². The molecule has 1 heteroatoms. The highest BCUT2D eigenvalue weighted by Crippen LogP contribution is 2.61. The largest absolute Gasteiger partial charge is 0.369 e. The second-order valence-electron chi connectivity index (χ2n) is 6.55. The van der Waals surface area contributed by atoms with Crippen LogP contribution in [0.15, 0.2) is 11.1 Å². The van der Waals surface area contributed by atoms with Crippen molar-refractivity contribution in [2.75, 3.05) is 0 Å². The molecule has 1 saturated heterocycles. The van der Waals surface area contributed by atoms with Crippen LogP contribution in [-0.2, 0) is 4.74 Å². The molecule has 1 aliphatic heterocycles. The van der Waals surface area contributed by atoms with Crippen molar-refractivity contribution < 1.29 is 4.74 Å². The third-order valence-electron chi connectivity index (χ3n) is 5.02. The van der Waals surface area contributed by atoms with Gasteiger partial charge in [0, 0.05) is 0 Å². The van der Waals surface area contributed by atoms with E-state index in [1.165, 1.54) is 25.7 Å². The smallest absolute Gasteiger partial charge is 0.0882 e. The van der Waals surface area contributed by atoms with Gasteiger partial charge in [-0.1, -0.05) is 38.8 Å². The predicted octanol–water partition coefficient (Wildman–Crippen LogP) is 3.69. The molecule has 1 heterocycles. The summed E-state index contributed by atoms with van der Waals surface area (Å²) in [5.74, 6) is 0. The average Bonchev–Trinajstić information content (AvgIpc) is 2.88. The lowest BCUT2D eigenvalue weighted by molar-refractivity contribution is 0.268. The molecule has 0 bridgehead atoms. The van der Waals surface area contributed by atoms with Gasteiger partial charge < -0.3 is 4.74 Å². The Labute approximate surface area is 92.9 Å². The maximum absolute atomic E-state index is 5.70. The molecule has 1 nitrogen and oxygen atoms in total. The Balaban J connectivity index is 2.03. The zero-order chi connectivity index (χ0) is 10.8. The Morgan fingerprint density at radius 3 is 2.33 bits per heavy atom. The molecule has 1 fully saturated rings. The van der Waals surface area contributed by atoms with E-state index in [4.69, 9.17) is 4.74 Å². The number of epoxide rings is 1. The summed E-state index contributed by atoms with van der Waals surface area (Å²) in [5, 5.41) is 0. The standard InChI is InChI=1S/C14H22O/c1-5-14(4)8-13(2,3)9-6-11-12(15-11)7-10(9)14/h11-12H,5-8H2,1-4H3/t11-,12-,14?/m1/s1. The van der Waals surface area contributed by atoms with Gasteiger partial charge in [-0.05, 0) is 36.5 Å². The molecule has 2 aliphatic carbocycles. The molecule has 0 amide bonds. The number of ether oxygens (including phenoxy) is 1. The third kappa shape index (κ3) is 1.25. The summed E-state index contributed by atoms with van der Waals surface area (Å²) in [6.45, 7) is 9.64. The van der Waals surface area contributed by atoms with Crippen molar-refractivity contribution in [2.24, 2.45) is 10.8 Å². The van der Waals surface area contributed by atoms with Crippen LogP contribution in [0.25, 0.3) is 0 Å². The van der Waals surface area contributed by atoms with Gasteiger partial charge in [-0.25, -0.2) is 0 Å². The van der Waals surface area contributed by atoms with Gasteiger partial charge in [-0.2, -0.15) is 0 Å². The lowest BCUT2D eigenvalue weighted by Crippen LogP contribution is -2.18. The van der Waals surface area contributed by atoms with Gasteiger partial charge in [-0.15, -0.1) is 0 Å². The van der Waals surface area contributed by atoms with Gasteiger partial charge in [0.15, 0.2) is 0 Å².